The van der Waals surface area contributed by atoms with Crippen molar-refractivity contribution in [3.05, 3.63) is 24.0 Å². The summed E-state index contributed by atoms with van der Waals surface area (Å²) in [5.41, 5.74) is 0.479. The van der Waals surface area contributed by atoms with Gasteiger partial charge >= 0.3 is 0 Å². The Morgan fingerprint density at radius 2 is 2.00 bits per heavy atom. The summed E-state index contributed by atoms with van der Waals surface area (Å²) in [6.07, 6.45) is 2.09. The smallest absolute Gasteiger partial charge is 0.258 e. The Morgan fingerprint density at radius 3 is 2.60 bits per heavy atom. The molecule has 1 aliphatic carbocycles. The lowest BCUT2D eigenvalue weighted by atomic mass is 10.2. The molecule has 1 heterocycles. The Labute approximate surface area is 116 Å². The summed E-state index contributed by atoms with van der Waals surface area (Å²) < 4.78 is 10.9. The molecule has 0 bridgehead atoms. The zero-order chi connectivity index (χ0) is 14.1. The molecule has 1 aromatic carbocycles. The van der Waals surface area contributed by atoms with Crippen LogP contribution in [-0.4, -0.2) is 27.0 Å². The first-order valence-corrected chi connectivity index (χ1v) is 6.66. The van der Waals surface area contributed by atoms with Crippen molar-refractivity contribution in [2.24, 2.45) is 5.92 Å². The van der Waals surface area contributed by atoms with Crippen LogP contribution in [0.3, 0.4) is 0 Å². The predicted octanol–water partition coefficient (Wildman–Crippen LogP) is 2.64. The quantitative estimate of drug-likeness (QED) is 0.872. The summed E-state index contributed by atoms with van der Waals surface area (Å²) in [6, 6.07) is 4.17. The van der Waals surface area contributed by atoms with E-state index in [2.05, 4.69) is 10.1 Å². The fourth-order valence-electron chi connectivity index (χ4n) is 2.19. The number of ether oxygens (including phenoxy) is 1. The van der Waals surface area contributed by atoms with Gasteiger partial charge in [-0.1, -0.05) is 5.16 Å². The molecule has 1 fully saturated rings. The molecule has 1 unspecified atom stereocenters. The predicted molar refractivity (Wildman–Crippen MR) is 70.2 cm³/mol. The zero-order valence-electron chi connectivity index (χ0n) is 11.1. The van der Waals surface area contributed by atoms with Gasteiger partial charge in [-0.25, -0.2) is 0 Å². The minimum absolute atomic E-state index is 0.0525. The number of hydrogen-bond donors (Lipinski definition) is 2. The van der Waals surface area contributed by atoms with Gasteiger partial charge in [-0.2, -0.15) is 4.98 Å². The third-order valence-corrected chi connectivity index (χ3v) is 3.24. The van der Waals surface area contributed by atoms with Gasteiger partial charge in [-0.15, -0.1) is 0 Å². The van der Waals surface area contributed by atoms with Crippen LogP contribution in [0.1, 0.15) is 31.7 Å². The number of aromatic hydroxyl groups is 2. The van der Waals surface area contributed by atoms with Crippen LogP contribution in [0, 0.1) is 5.92 Å². The average molecular weight is 276 g/mol. The Balaban J connectivity index is 1.88. The number of hydrogen-bond acceptors (Lipinski definition) is 6. The maximum atomic E-state index is 9.48. The maximum absolute atomic E-state index is 9.48. The van der Waals surface area contributed by atoms with Gasteiger partial charge < -0.3 is 19.5 Å². The number of phenolic OH excluding ortho intramolecular Hbond substituents is 2. The highest BCUT2D eigenvalue weighted by atomic mass is 16.5. The van der Waals surface area contributed by atoms with Crippen LogP contribution in [0.5, 0.6) is 11.5 Å². The van der Waals surface area contributed by atoms with Gasteiger partial charge in [-0.05, 0) is 37.8 Å². The van der Waals surface area contributed by atoms with Crippen molar-refractivity contribution in [1.82, 2.24) is 10.1 Å². The minimum Gasteiger partial charge on any atom is -0.508 e. The molecular formula is C14H16N2O4. The summed E-state index contributed by atoms with van der Waals surface area (Å²) in [6.45, 7) is 2.53. The van der Waals surface area contributed by atoms with E-state index in [1.54, 1.807) is 0 Å². The molecule has 0 saturated heterocycles. The van der Waals surface area contributed by atoms with Crippen molar-refractivity contribution in [3.63, 3.8) is 0 Å². The minimum atomic E-state index is -0.136. The van der Waals surface area contributed by atoms with Crippen molar-refractivity contribution < 1.29 is 19.5 Å². The molecule has 1 aromatic heterocycles. The molecule has 106 valence electrons. The largest absolute Gasteiger partial charge is 0.508 e. The lowest BCUT2D eigenvalue weighted by Crippen LogP contribution is -2.08. The van der Waals surface area contributed by atoms with Crippen LogP contribution in [0.15, 0.2) is 22.7 Å². The molecule has 2 N–H and O–H groups in total. The standard InChI is InChI=1S/C14H16N2O4/c1-2-19-12(8-3-4-8)13-15-14(20-16-13)9-5-10(17)7-11(18)6-9/h5-8,12,17-18H,2-4H2,1H3. The highest BCUT2D eigenvalue weighted by molar-refractivity contribution is 5.58. The number of phenols is 2. The van der Waals surface area contributed by atoms with Gasteiger partial charge in [0, 0.05) is 18.2 Å². The van der Waals surface area contributed by atoms with E-state index < -0.39 is 0 Å². The molecular weight excluding hydrogens is 260 g/mol. The van der Waals surface area contributed by atoms with E-state index in [1.807, 2.05) is 6.92 Å². The normalized spacial score (nSPS) is 16.2. The molecule has 6 heteroatoms. The summed E-state index contributed by atoms with van der Waals surface area (Å²) in [7, 11) is 0. The second-order valence-electron chi connectivity index (χ2n) is 4.91. The highest BCUT2D eigenvalue weighted by Crippen LogP contribution is 2.42. The van der Waals surface area contributed by atoms with Gasteiger partial charge in [0.05, 0.1) is 0 Å². The second-order valence-corrected chi connectivity index (χ2v) is 4.91. The summed E-state index contributed by atoms with van der Waals surface area (Å²) in [5.74, 6) is 1.13. The molecule has 0 aliphatic heterocycles. The molecule has 0 amide bonds. The monoisotopic (exact) mass is 276 g/mol. The van der Waals surface area contributed by atoms with Crippen LogP contribution in [0.4, 0.5) is 0 Å². The summed E-state index contributed by atoms with van der Waals surface area (Å²) >= 11 is 0. The number of nitrogens with zero attached hydrogens (tertiary/aromatic N) is 2. The fourth-order valence-corrected chi connectivity index (χ4v) is 2.19. The van der Waals surface area contributed by atoms with Crippen LogP contribution >= 0.6 is 0 Å². The van der Waals surface area contributed by atoms with Crippen LogP contribution in [-0.2, 0) is 4.74 Å². The van der Waals surface area contributed by atoms with Crippen LogP contribution in [0.2, 0.25) is 0 Å². The highest BCUT2D eigenvalue weighted by Gasteiger charge is 2.36. The van der Waals surface area contributed by atoms with Crippen LogP contribution in [0.25, 0.3) is 11.5 Å². The van der Waals surface area contributed by atoms with E-state index >= 15 is 0 Å². The lowest BCUT2D eigenvalue weighted by Gasteiger charge is -2.10. The molecule has 3 rings (SSSR count). The molecule has 6 nitrogen and oxygen atoms in total. The van der Waals surface area contributed by atoms with Crippen molar-refractivity contribution >= 4 is 0 Å². The molecule has 1 aliphatic rings. The Morgan fingerprint density at radius 1 is 1.30 bits per heavy atom. The number of benzene rings is 1. The molecule has 1 atom stereocenters. The third-order valence-electron chi connectivity index (χ3n) is 3.24. The van der Waals surface area contributed by atoms with E-state index in [0.29, 0.717) is 23.9 Å². The molecule has 2 aromatic rings. The van der Waals surface area contributed by atoms with Crippen molar-refractivity contribution in [2.45, 2.75) is 25.9 Å². The fraction of sp³-hybridized carbons (Fsp3) is 0.429. The molecule has 0 radical (unpaired) electrons. The van der Waals surface area contributed by atoms with Gasteiger partial charge in [0.2, 0.25) is 5.82 Å². The average Bonchev–Trinajstić information content (AvgIpc) is 3.11. The maximum Gasteiger partial charge on any atom is 0.258 e. The molecule has 1 saturated carbocycles. The van der Waals surface area contributed by atoms with E-state index in [-0.39, 0.29) is 23.5 Å². The number of aromatic nitrogens is 2. The van der Waals surface area contributed by atoms with E-state index in [4.69, 9.17) is 9.26 Å². The summed E-state index contributed by atoms with van der Waals surface area (Å²) in [5, 5.41) is 22.9. The lowest BCUT2D eigenvalue weighted by molar-refractivity contribution is 0.0385. The van der Waals surface area contributed by atoms with Gasteiger partial charge in [0.1, 0.15) is 17.6 Å². The first-order chi connectivity index (χ1) is 9.67. The topological polar surface area (TPSA) is 88.6 Å². The van der Waals surface area contributed by atoms with E-state index in [9.17, 15) is 10.2 Å². The van der Waals surface area contributed by atoms with Crippen molar-refractivity contribution in [1.29, 1.82) is 0 Å². The number of rotatable bonds is 5. The Kier molecular flexibility index (Phi) is 3.31. The SMILES string of the molecule is CCOC(c1noc(-c2cc(O)cc(O)c2)n1)C1CC1. The van der Waals surface area contributed by atoms with Crippen molar-refractivity contribution in [2.75, 3.05) is 6.61 Å². The Hall–Kier alpha value is -2.08. The molecule has 20 heavy (non-hydrogen) atoms. The van der Waals surface area contributed by atoms with Gasteiger partial charge in [-0.3, -0.25) is 0 Å². The van der Waals surface area contributed by atoms with Crippen molar-refractivity contribution in [3.8, 4) is 23.0 Å². The first kappa shape index (κ1) is 12.9. The second kappa shape index (κ2) is 5.13. The molecule has 0 spiro atoms. The van der Waals surface area contributed by atoms with Crippen LogP contribution < -0.4 is 0 Å². The Bertz CT molecular complexity index is 587. The first-order valence-electron chi connectivity index (χ1n) is 6.66. The van der Waals surface area contributed by atoms with Gasteiger partial charge in [0.15, 0.2) is 0 Å². The van der Waals surface area contributed by atoms with Gasteiger partial charge in [0.25, 0.3) is 5.89 Å². The zero-order valence-corrected chi connectivity index (χ0v) is 11.1. The van der Waals surface area contributed by atoms with E-state index in [1.165, 1.54) is 18.2 Å². The summed E-state index contributed by atoms with van der Waals surface area (Å²) in [4.78, 5) is 4.32. The third kappa shape index (κ3) is 2.60. The van der Waals surface area contributed by atoms with E-state index in [0.717, 1.165) is 12.8 Å².